The van der Waals surface area contributed by atoms with Crippen LogP contribution in [-0.4, -0.2) is 29.3 Å². The maximum absolute atomic E-state index is 12.5. The monoisotopic (exact) mass is 300 g/mol. The van der Waals surface area contributed by atoms with Crippen LogP contribution < -0.4 is 5.73 Å². The molecule has 1 atom stereocenters. The van der Waals surface area contributed by atoms with E-state index in [2.05, 4.69) is 20.8 Å². The Bertz CT molecular complexity index is 461. The molecular weight excluding hydrogens is 276 g/mol. The Morgan fingerprint density at radius 3 is 2.15 bits per heavy atom. The van der Waals surface area contributed by atoms with E-state index in [-0.39, 0.29) is 33.4 Å². The van der Waals surface area contributed by atoms with Crippen molar-refractivity contribution in [1.82, 2.24) is 4.90 Å². The van der Waals surface area contributed by atoms with Crippen LogP contribution in [0.1, 0.15) is 48.0 Å². The van der Waals surface area contributed by atoms with Crippen LogP contribution in [0.2, 0.25) is 0 Å². The third kappa shape index (κ3) is 3.17. The van der Waals surface area contributed by atoms with Gasteiger partial charge in [-0.15, -0.1) is 0 Å². The van der Waals surface area contributed by atoms with E-state index in [1.54, 1.807) is 4.90 Å². The number of hydrogen-bond donors (Lipinski definition) is 1. The van der Waals surface area contributed by atoms with Crippen molar-refractivity contribution in [1.29, 1.82) is 0 Å². The predicted molar refractivity (Wildman–Crippen MR) is 81.1 cm³/mol. The highest BCUT2D eigenvalue weighted by Gasteiger charge is 2.47. The van der Waals surface area contributed by atoms with Crippen molar-refractivity contribution in [2.45, 2.75) is 54.0 Å². The van der Waals surface area contributed by atoms with Crippen molar-refractivity contribution in [2.24, 2.45) is 16.6 Å². The average molecular weight is 301 g/mol. The molecule has 2 amide bonds. The average Bonchev–Trinajstić information content (AvgIpc) is 2.49. The molecule has 0 aromatic carbocycles. The molecule has 1 heterocycles. The summed E-state index contributed by atoms with van der Waals surface area (Å²) in [5, 5.41) is 0.280. The van der Waals surface area contributed by atoms with Crippen molar-refractivity contribution < 1.29 is 9.59 Å². The maximum Gasteiger partial charge on any atom is 0.261 e. The normalized spacial score (nSPS) is 20.9. The molecule has 0 unspecified atom stereocenters. The van der Waals surface area contributed by atoms with Crippen LogP contribution in [0.15, 0.2) is 10.6 Å². The molecule has 4 nitrogen and oxygen atoms in total. The molecule has 20 heavy (non-hydrogen) atoms. The third-order valence-corrected chi connectivity index (χ3v) is 4.28. The highest BCUT2D eigenvalue weighted by molar-refractivity contribution is 6.38. The van der Waals surface area contributed by atoms with Crippen molar-refractivity contribution in [3.63, 3.8) is 0 Å². The predicted octanol–water partition coefficient (Wildman–Crippen LogP) is 2.66. The van der Waals surface area contributed by atoms with E-state index >= 15 is 0 Å². The van der Waals surface area contributed by atoms with Gasteiger partial charge in [-0.3, -0.25) is 9.59 Å². The molecule has 0 radical (unpaired) electrons. The smallest absolute Gasteiger partial charge is 0.261 e. The first-order valence-corrected chi connectivity index (χ1v) is 7.30. The number of nitrogens with zero attached hydrogens (tertiary/aromatic N) is 1. The van der Waals surface area contributed by atoms with Gasteiger partial charge in [0, 0.05) is 6.54 Å². The lowest BCUT2D eigenvalue weighted by Crippen LogP contribution is -2.47. The number of nitrogens with two attached hydrogens (primary N) is 1. The highest BCUT2D eigenvalue weighted by atomic mass is 35.5. The zero-order valence-electron chi connectivity index (χ0n) is 13.2. The van der Waals surface area contributed by atoms with Crippen LogP contribution in [0.25, 0.3) is 0 Å². The Hall–Kier alpha value is -1.03. The Morgan fingerprint density at radius 1 is 1.30 bits per heavy atom. The summed E-state index contributed by atoms with van der Waals surface area (Å²) in [7, 11) is 0. The topological polar surface area (TPSA) is 63.4 Å². The summed E-state index contributed by atoms with van der Waals surface area (Å²) < 4.78 is 0. The summed E-state index contributed by atoms with van der Waals surface area (Å²) in [5.41, 5.74) is 4.96. The minimum Gasteiger partial charge on any atom is -0.365 e. The molecule has 2 N–H and O–H groups in total. The number of hydrogen-bond acceptors (Lipinski definition) is 2. The van der Waals surface area contributed by atoms with E-state index in [1.807, 2.05) is 20.8 Å². The second-order valence-corrected chi connectivity index (χ2v) is 7.71. The van der Waals surface area contributed by atoms with E-state index in [0.717, 1.165) is 6.42 Å². The summed E-state index contributed by atoms with van der Waals surface area (Å²) >= 11 is 6.30. The van der Waals surface area contributed by atoms with E-state index < -0.39 is 5.91 Å². The van der Waals surface area contributed by atoms with Gasteiger partial charge in [-0.2, -0.15) is 0 Å². The van der Waals surface area contributed by atoms with Crippen LogP contribution in [0, 0.1) is 10.8 Å². The molecular formula is C15H25ClN2O2. The number of carbonyl (C=O) groups is 2. The van der Waals surface area contributed by atoms with Gasteiger partial charge in [0.25, 0.3) is 11.8 Å². The quantitative estimate of drug-likeness (QED) is 0.811. The molecule has 0 saturated carbocycles. The molecule has 1 aliphatic rings. The van der Waals surface area contributed by atoms with Gasteiger partial charge in [-0.05, 0) is 17.3 Å². The molecule has 0 bridgehead atoms. The van der Waals surface area contributed by atoms with Gasteiger partial charge < -0.3 is 10.6 Å². The van der Waals surface area contributed by atoms with Crippen LogP contribution in [0.3, 0.4) is 0 Å². The number of halogens is 1. The van der Waals surface area contributed by atoms with E-state index in [1.165, 1.54) is 0 Å². The summed E-state index contributed by atoms with van der Waals surface area (Å²) in [5.74, 6) is -1.09. The zero-order chi connectivity index (χ0) is 15.9. The van der Waals surface area contributed by atoms with Crippen LogP contribution in [0.4, 0.5) is 0 Å². The van der Waals surface area contributed by atoms with E-state index in [9.17, 15) is 9.59 Å². The number of carbonyl (C=O) groups excluding carboxylic acids is 2. The molecule has 1 aliphatic heterocycles. The molecule has 1 rings (SSSR count). The third-order valence-electron chi connectivity index (χ3n) is 3.89. The molecule has 0 aliphatic carbocycles. The molecule has 5 heteroatoms. The van der Waals surface area contributed by atoms with Gasteiger partial charge in [0.05, 0.1) is 11.1 Å². The van der Waals surface area contributed by atoms with Crippen molar-refractivity contribution >= 4 is 23.4 Å². The molecule has 0 aromatic rings. The first-order chi connectivity index (χ1) is 8.92. The molecule has 0 saturated heterocycles. The fraction of sp³-hybridized carbons (Fsp3) is 0.733. The fourth-order valence-electron chi connectivity index (χ4n) is 2.44. The standard InChI is InChI=1S/C15H25ClN2O2/c1-7-15(5,6)8-18-11(14(2,3)4)10(16)9(12(17)19)13(18)20/h11H,7-8H2,1-6H3,(H2,17,19)/t11-/m1/s1. The lowest BCUT2D eigenvalue weighted by atomic mass is 9.84. The van der Waals surface area contributed by atoms with Gasteiger partial charge in [0.1, 0.15) is 5.57 Å². The van der Waals surface area contributed by atoms with E-state index in [4.69, 9.17) is 17.3 Å². The number of amides is 2. The molecule has 0 fully saturated rings. The summed E-state index contributed by atoms with van der Waals surface area (Å²) in [4.78, 5) is 25.7. The van der Waals surface area contributed by atoms with Gasteiger partial charge in [-0.1, -0.05) is 53.1 Å². The Morgan fingerprint density at radius 2 is 1.80 bits per heavy atom. The summed E-state index contributed by atoms with van der Waals surface area (Å²) in [6.45, 7) is 12.8. The van der Waals surface area contributed by atoms with Gasteiger partial charge in [0.2, 0.25) is 0 Å². The Balaban J connectivity index is 3.25. The molecule has 0 aromatic heterocycles. The minimum atomic E-state index is -0.744. The van der Waals surface area contributed by atoms with Gasteiger partial charge in [-0.25, -0.2) is 0 Å². The fourth-order valence-corrected chi connectivity index (χ4v) is 3.06. The van der Waals surface area contributed by atoms with Gasteiger partial charge in [0.15, 0.2) is 0 Å². The van der Waals surface area contributed by atoms with Crippen LogP contribution in [0.5, 0.6) is 0 Å². The second kappa shape index (κ2) is 5.40. The van der Waals surface area contributed by atoms with Gasteiger partial charge >= 0.3 is 0 Å². The van der Waals surface area contributed by atoms with E-state index in [0.29, 0.717) is 6.54 Å². The van der Waals surface area contributed by atoms with Crippen molar-refractivity contribution in [2.75, 3.05) is 6.54 Å². The maximum atomic E-state index is 12.5. The largest absolute Gasteiger partial charge is 0.365 e. The van der Waals surface area contributed by atoms with Crippen LogP contribution in [-0.2, 0) is 9.59 Å². The SMILES string of the molecule is CCC(C)(C)CN1C(=O)C(C(N)=O)=C(Cl)[C@@H]1C(C)(C)C. The Labute approximate surface area is 126 Å². The first kappa shape index (κ1) is 17.0. The molecule has 114 valence electrons. The minimum absolute atomic E-state index is 0.0383. The second-order valence-electron chi connectivity index (χ2n) is 7.31. The zero-order valence-corrected chi connectivity index (χ0v) is 14.0. The number of primary amides is 1. The summed E-state index contributed by atoms with van der Waals surface area (Å²) in [6.07, 6.45) is 0.928. The summed E-state index contributed by atoms with van der Waals surface area (Å²) in [6, 6.07) is -0.301. The van der Waals surface area contributed by atoms with Crippen molar-refractivity contribution in [3.8, 4) is 0 Å². The number of rotatable bonds is 4. The Kier molecular flexibility index (Phi) is 4.59. The molecule has 0 spiro atoms. The van der Waals surface area contributed by atoms with Crippen molar-refractivity contribution in [3.05, 3.63) is 10.6 Å². The lowest BCUT2D eigenvalue weighted by molar-refractivity contribution is -0.131. The van der Waals surface area contributed by atoms with Crippen LogP contribution >= 0.6 is 11.6 Å². The first-order valence-electron chi connectivity index (χ1n) is 6.93. The highest BCUT2D eigenvalue weighted by Crippen LogP contribution is 2.41. The lowest BCUT2D eigenvalue weighted by Gasteiger charge is -2.39.